The van der Waals surface area contributed by atoms with Crippen LogP contribution in [0.5, 0.6) is 5.75 Å². The maximum Gasteiger partial charge on any atom is 0.123 e. The van der Waals surface area contributed by atoms with Crippen LogP contribution in [0.25, 0.3) is 44.1 Å². The number of benzene rings is 6. The van der Waals surface area contributed by atoms with Crippen molar-refractivity contribution in [2.24, 2.45) is 4.99 Å². The lowest BCUT2D eigenvalue weighted by Crippen LogP contribution is -2.05. The fourth-order valence-electron chi connectivity index (χ4n) is 5.74. The fourth-order valence-corrected chi connectivity index (χ4v) is 5.74. The summed E-state index contributed by atoms with van der Waals surface area (Å²) in [7, 11) is 0. The van der Waals surface area contributed by atoms with E-state index in [2.05, 4.69) is 89.5 Å². The van der Waals surface area contributed by atoms with Crippen LogP contribution in [0.15, 0.2) is 151 Å². The van der Waals surface area contributed by atoms with Crippen LogP contribution >= 0.6 is 0 Å². The van der Waals surface area contributed by atoms with Gasteiger partial charge >= 0.3 is 0 Å². The number of para-hydroxylation sites is 3. The average Bonchev–Trinajstić information content (AvgIpc) is 3.35. The van der Waals surface area contributed by atoms with Gasteiger partial charge in [0, 0.05) is 27.6 Å². The number of hydrogen-bond acceptors (Lipinski definition) is 3. The molecule has 1 aromatic heterocycles. The number of nitrogen functional groups attached to an aromatic ring is 1. The Morgan fingerprint density at radius 3 is 2.05 bits per heavy atom. The molecule has 0 aliphatic heterocycles. The lowest BCUT2D eigenvalue weighted by Gasteiger charge is -2.17. The molecule has 1 atom stereocenters. The number of anilines is 1. The molecule has 4 nitrogen and oxygen atoms in total. The number of aromatic hydroxyl groups is 1. The van der Waals surface area contributed by atoms with Crippen molar-refractivity contribution in [1.82, 2.24) is 4.57 Å². The maximum absolute atomic E-state index is 10.5. The largest absolute Gasteiger partial charge is 0.507 e. The van der Waals surface area contributed by atoms with Gasteiger partial charge in [-0.3, -0.25) is 4.99 Å². The summed E-state index contributed by atoms with van der Waals surface area (Å²) in [6.07, 6.45) is 1.92. The van der Waals surface area contributed by atoms with Crippen LogP contribution in [0.1, 0.15) is 17.2 Å². The first kappa shape index (κ1) is 25.4. The van der Waals surface area contributed by atoms with Crippen molar-refractivity contribution in [3.63, 3.8) is 0 Å². The van der Waals surface area contributed by atoms with Gasteiger partial charge in [-0.15, -0.1) is 0 Å². The predicted molar refractivity (Wildman–Crippen MR) is 175 cm³/mol. The quantitative estimate of drug-likeness (QED) is 0.125. The molecular formula is C38H29N3O. The van der Waals surface area contributed by atoms with E-state index in [9.17, 15) is 5.11 Å². The van der Waals surface area contributed by atoms with E-state index in [1.54, 1.807) is 6.07 Å². The van der Waals surface area contributed by atoms with E-state index >= 15 is 0 Å². The summed E-state index contributed by atoms with van der Waals surface area (Å²) in [6, 6.07) is 48.6. The first-order chi connectivity index (χ1) is 20.7. The molecule has 1 heterocycles. The standard InChI is InChI=1S/C38H29N3O/c39-34-15-7-4-14-33(34)38(28-20-18-27(19-21-28)26-10-2-1-3-11-26)40-25-41-35-16-8-5-13-31(35)32-23-22-29(24-36(32)41)30-12-6-9-17-37(30)42/h1-25,38,42H,39H2. The molecule has 3 N–H and O–H groups in total. The molecule has 1 unspecified atom stereocenters. The molecule has 0 bridgehead atoms. The lowest BCUT2D eigenvalue weighted by atomic mass is 9.95. The van der Waals surface area contributed by atoms with Gasteiger partial charge in [-0.25, -0.2) is 0 Å². The summed E-state index contributed by atoms with van der Waals surface area (Å²) in [6.45, 7) is 0. The summed E-state index contributed by atoms with van der Waals surface area (Å²) < 4.78 is 2.14. The van der Waals surface area contributed by atoms with Gasteiger partial charge in [0.2, 0.25) is 0 Å². The first-order valence-electron chi connectivity index (χ1n) is 14.0. The zero-order valence-corrected chi connectivity index (χ0v) is 22.9. The van der Waals surface area contributed by atoms with Crippen molar-refractivity contribution >= 4 is 33.8 Å². The van der Waals surface area contributed by atoms with E-state index < -0.39 is 0 Å². The van der Waals surface area contributed by atoms with Crippen LogP contribution in [0, 0.1) is 0 Å². The molecule has 0 saturated heterocycles. The maximum atomic E-state index is 10.5. The third-order valence-electron chi connectivity index (χ3n) is 7.88. The SMILES string of the molecule is Nc1ccccc1C(N=Cn1c2ccccc2c2ccc(-c3ccccc3O)cc21)c1ccc(-c2ccccc2)cc1. The summed E-state index contributed by atoms with van der Waals surface area (Å²) in [5.74, 6) is 0.256. The van der Waals surface area contributed by atoms with Crippen molar-refractivity contribution in [3.8, 4) is 28.0 Å². The van der Waals surface area contributed by atoms with Crippen LogP contribution in [-0.2, 0) is 0 Å². The molecule has 202 valence electrons. The molecule has 0 aliphatic rings. The molecule has 0 aliphatic carbocycles. The van der Waals surface area contributed by atoms with Gasteiger partial charge in [0.15, 0.2) is 0 Å². The number of nitrogens with two attached hydrogens (primary N) is 1. The monoisotopic (exact) mass is 543 g/mol. The zero-order chi connectivity index (χ0) is 28.5. The predicted octanol–water partition coefficient (Wildman–Crippen LogP) is 9.08. The Labute approximate surface area is 244 Å². The number of rotatable bonds is 6. The molecule has 42 heavy (non-hydrogen) atoms. The Morgan fingerprint density at radius 2 is 1.24 bits per heavy atom. The normalized spacial score (nSPS) is 12.3. The minimum Gasteiger partial charge on any atom is -0.507 e. The van der Waals surface area contributed by atoms with Gasteiger partial charge in [0.1, 0.15) is 11.8 Å². The molecule has 0 fully saturated rings. The zero-order valence-electron chi connectivity index (χ0n) is 22.9. The second-order valence-electron chi connectivity index (χ2n) is 10.4. The minimum absolute atomic E-state index is 0.256. The highest BCUT2D eigenvalue weighted by molar-refractivity contribution is 6.12. The Kier molecular flexibility index (Phi) is 6.49. The summed E-state index contributed by atoms with van der Waals surface area (Å²) >= 11 is 0. The van der Waals surface area contributed by atoms with Gasteiger partial charge in [-0.2, -0.15) is 0 Å². The summed E-state index contributed by atoms with van der Waals surface area (Å²) in [5, 5.41) is 12.8. The van der Waals surface area contributed by atoms with Gasteiger partial charge in [-0.05, 0) is 46.5 Å². The second kappa shape index (κ2) is 10.8. The Hall–Kier alpha value is -5.61. The number of phenolic OH excluding ortho intramolecular Hbond substituents is 1. The van der Waals surface area contributed by atoms with E-state index in [0.717, 1.165) is 49.6 Å². The van der Waals surface area contributed by atoms with Crippen molar-refractivity contribution in [3.05, 3.63) is 157 Å². The van der Waals surface area contributed by atoms with Gasteiger partial charge in [-0.1, -0.05) is 121 Å². The van der Waals surface area contributed by atoms with Crippen LogP contribution in [0.2, 0.25) is 0 Å². The second-order valence-corrected chi connectivity index (χ2v) is 10.4. The number of nitrogens with zero attached hydrogens (tertiary/aromatic N) is 2. The molecule has 0 spiro atoms. The van der Waals surface area contributed by atoms with Gasteiger partial charge in [0.05, 0.1) is 17.4 Å². The Morgan fingerprint density at radius 1 is 0.595 bits per heavy atom. The minimum atomic E-state index is -0.298. The molecule has 0 saturated carbocycles. The highest BCUT2D eigenvalue weighted by Crippen LogP contribution is 2.36. The fraction of sp³-hybridized carbons (Fsp3) is 0.0263. The van der Waals surface area contributed by atoms with Gasteiger partial charge < -0.3 is 15.4 Å². The number of hydrogen-bond donors (Lipinski definition) is 2. The van der Waals surface area contributed by atoms with E-state index in [0.29, 0.717) is 5.69 Å². The third-order valence-corrected chi connectivity index (χ3v) is 7.88. The van der Waals surface area contributed by atoms with Crippen molar-refractivity contribution in [1.29, 1.82) is 0 Å². The molecule has 0 radical (unpaired) electrons. The average molecular weight is 544 g/mol. The first-order valence-corrected chi connectivity index (χ1v) is 14.0. The van der Waals surface area contributed by atoms with Crippen LogP contribution in [0.3, 0.4) is 0 Å². The molecule has 4 heteroatoms. The number of aromatic nitrogens is 1. The van der Waals surface area contributed by atoms with Crippen molar-refractivity contribution in [2.45, 2.75) is 6.04 Å². The van der Waals surface area contributed by atoms with E-state index in [4.69, 9.17) is 10.7 Å². The number of fused-ring (bicyclic) bond motifs is 3. The topological polar surface area (TPSA) is 63.5 Å². The smallest absolute Gasteiger partial charge is 0.123 e. The number of phenols is 1. The summed E-state index contributed by atoms with van der Waals surface area (Å²) in [4.78, 5) is 5.20. The summed E-state index contributed by atoms with van der Waals surface area (Å²) in [5.41, 5.74) is 15.4. The number of aliphatic imine (C=N–C) groups is 1. The van der Waals surface area contributed by atoms with E-state index in [-0.39, 0.29) is 11.8 Å². The van der Waals surface area contributed by atoms with Crippen molar-refractivity contribution < 1.29 is 5.11 Å². The van der Waals surface area contributed by atoms with E-state index in [1.165, 1.54) is 5.56 Å². The molecule has 7 rings (SSSR count). The van der Waals surface area contributed by atoms with E-state index in [1.807, 2.05) is 60.9 Å². The van der Waals surface area contributed by atoms with Gasteiger partial charge in [0.25, 0.3) is 0 Å². The lowest BCUT2D eigenvalue weighted by molar-refractivity contribution is 0.477. The molecule has 7 aromatic rings. The van der Waals surface area contributed by atoms with Crippen LogP contribution in [0.4, 0.5) is 5.69 Å². The molecule has 0 amide bonds. The highest BCUT2D eigenvalue weighted by Gasteiger charge is 2.17. The highest BCUT2D eigenvalue weighted by atomic mass is 16.3. The van der Waals surface area contributed by atoms with Crippen molar-refractivity contribution in [2.75, 3.05) is 5.73 Å². The molecule has 6 aromatic carbocycles. The van der Waals surface area contributed by atoms with Crippen LogP contribution in [-0.4, -0.2) is 16.0 Å². The molecular weight excluding hydrogens is 514 g/mol. The Balaban J connectivity index is 1.37. The Bertz CT molecular complexity index is 2060. The third kappa shape index (κ3) is 4.59. The van der Waals surface area contributed by atoms with Crippen LogP contribution < -0.4 is 5.73 Å².